The summed E-state index contributed by atoms with van der Waals surface area (Å²) in [4.78, 5) is 26.8. The third-order valence-electron chi connectivity index (χ3n) is 5.58. The van der Waals surface area contributed by atoms with Gasteiger partial charge in [-0.3, -0.25) is 14.9 Å². The van der Waals surface area contributed by atoms with Crippen molar-refractivity contribution in [3.63, 3.8) is 0 Å². The second-order valence-electron chi connectivity index (χ2n) is 7.74. The molecule has 1 amide bonds. The average molecular weight is 412 g/mol. The van der Waals surface area contributed by atoms with Crippen molar-refractivity contribution in [3.8, 4) is 5.75 Å². The summed E-state index contributed by atoms with van der Waals surface area (Å²) in [5, 5.41) is 3.31. The molecule has 4 rings (SSSR count). The van der Waals surface area contributed by atoms with Crippen LogP contribution in [-0.2, 0) is 6.54 Å². The maximum Gasteiger partial charge on any atom is 0.257 e. The molecule has 0 saturated carbocycles. The number of piperidine rings is 1. The van der Waals surface area contributed by atoms with E-state index in [2.05, 4.69) is 17.1 Å². The molecule has 2 aliphatic heterocycles. The molecule has 7 heteroatoms. The number of carbonyl (C=O) groups is 1. The number of rotatable bonds is 4. The smallest absolute Gasteiger partial charge is 0.257 e. The Morgan fingerprint density at radius 3 is 2.72 bits per heavy atom. The van der Waals surface area contributed by atoms with Crippen LogP contribution in [-0.4, -0.2) is 40.2 Å². The zero-order valence-corrected chi connectivity index (χ0v) is 17.3. The number of nitrogens with one attached hydrogen (secondary N) is 1. The molecule has 1 aromatic carbocycles. The van der Waals surface area contributed by atoms with E-state index in [9.17, 15) is 9.59 Å². The van der Waals surface area contributed by atoms with Gasteiger partial charge >= 0.3 is 0 Å². The molecule has 3 heterocycles. The number of likely N-dealkylation sites (tertiary alicyclic amines) is 1. The van der Waals surface area contributed by atoms with E-state index in [1.165, 1.54) is 0 Å². The van der Waals surface area contributed by atoms with Crippen molar-refractivity contribution >= 4 is 23.2 Å². The minimum Gasteiger partial charge on any atom is -0.494 e. The molecule has 1 aromatic heterocycles. The molecule has 1 saturated heterocycles. The number of benzene rings is 1. The number of nitrogens with zero attached hydrogens (tertiary/aromatic N) is 2. The van der Waals surface area contributed by atoms with E-state index in [4.69, 9.17) is 17.0 Å². The van der Waals surface area contributed by atoms with Crippen molar-refractivity contribution in [3.05, 3.63) is 64.1 Å². The van der Waals surface area contributed by atoms with Gasteiger partial charge in [-0.15, -0.1) is 0 Å². The molecule has 0 radical (unpaired) electrons. The molecule has 1 N–H and O–H groups in total. The van der Waals surface area contributed by atoms with Crippen molar-refractivity contribution in [1.29, 1.82) is 0 Å². The van der Waals surface area contributed by atoms with E-state index >= 15 is 0 Å². The first-order valence-corrected chi connectivity index (χ1v) is 10.5. The van der Waals surface area contributed by atoms with Gasteiger partial charge in [0.1, 0.15) is 5.75 Å². The molecule has 2 aliphatic rings. The molecular weight excluding hydrogens is 386 g/mol. The predicted molar refractivity (Wildman–Crippen MR) is 115 cm³/mol. The highest BCUT2D eigenvalue weighted by Gasteiger charge is 2.35. The molecule has 6 nitrogen and oxygen atoms in total. The Bertz CT molecular complexity index is 970. The summed E-state index contributed by atoms with van der Waals surface area (Å²) in [5.74, 6) is 1.14. The monoisotopic (exact) mass is 411 g/mol. The van der Waals surface area contributed by atoms with Crippen LogP contribution < -0.4 is 15.6 Å². The number of thiocarbonyl (C=S) groups is 1. The molecule has 1 unspecified atom stereocenters. The van der Waals surface area contributed by atoms with Crippen LogP contribution in [0.4, 0.5) is 0 Å². The predicted octanol–water partition coefficient (Wildman–Crippen LogP) is 2.77. The third-order valence-corrected chi connectivity index (χ3v) is 5.94. The van der Waals surface area contributed by atoms with Gasteiger partial charge in [-0.1, -0.05) is 13.0 Å². The minimum atomic E-state index is -0.218. The first-order valence-electron chi connectivity index (χ1n) is 10.1. The summed E-state index contributed by atoms with van der Waals surface area (Å²) in [6, 6.07) is 12.6. The summed E-state index contributed by atoms with van der Waals surface area (Å²) < 4.78 is 7.44. The second-order valence-corrected chi connectivity index (χ2v) is 8.12. The number of fused-ring (bicyclic) bond motifs is 4. The van der Waals surface area contributed by atoms with Gasteiger partial charge in [-0.05, 0) is 61.3 Å². The molecule has 152 valence electrons. The highest BCUT2D eigenvalue weighted by Crippen LogP contribution is 2.34. The van der Waals surface area contributed by atoms with Crippen LogP contribution in [0.1, 0.15) is 41.7 Å². The van der Waals surface area contributed by atoms with Crippen LogP contribution in [0.5, 0.6) is 5.75 Å². The van der Waals surface area contributed by atoms with Crippen molar-refractivity contribution in [1.82, 2.24) is 14.8 Å². The lowest BCUT2D eigenvalue weighted by molar-refractivity contribution is 0.0968. The van der Waals surface area contributed by atoms with Gasteiger partial charge in [0, 0.05) is 42.9 Å². The maximum absolute atomic E-state index is 12.6. The van der Waals surface area contributed by atoms with Crippen molar-refractivity contribution in [2.24, 2.45) is 5.92 Å². The summed E-state index contributed by atoms with van der Waals surface area (Å²) in [5.41, 5.74) is 1.67. The first kappa shape index (κ1) is 19.6. The van der Waals surface area contributed by atoms with Crippen LogP contribution in [0.15, 0.2) is 47.3 Å². The van der Waals surface area contributed by atoms with E-state index < -0.39 is 0 Å². The first-order chi connectivity index (χ1) is 14.0. The summed E-state index contributed by atoms with van der Waals surface area (Å²) in [6.45, 7) is 4.87. The topological polar surface area (TPSA) is 63.6 Å². The zero-order chi connectivity index (χ0) is 20.4. The lowest BCUT2D eigenvalue weighted by Gasteiger charge is -2.43. The van der Waals surface area contributed by atoms with Gasteiger partial charge < -0.3 is 14.2 Å². The van der Waals surface area contributed by atoms with Crippen molar-refractivity contribution in [2.75, 3.05) is 19.7 Å². The molecule has 0 aliphatic carbocycles. The molecule has 2 atom stereocenters. The SMILES string of the molecule is CCCOc1ccc(C(=O)NC(=S)N2CC3C[C@H](C2)Cn2c3cccc2=O)cc1. The third kappa shape index (κ3) is 4.19. The lowest BCUT2D eigenvalue weighted by atomic mass is 9.83. The molecule has 1 fully saturated rings. The van der Waals surface area contributed by atoms with Crippen LogP contribution >= 0.6 is 12.2 Å². The summed E-state index contributed by atoms with van der Waals surface area (Å²) >= 11 is 5.54. The number of amides is 1. The maximum atomic E-state index is 12.6. The van der Waals surface area contributed by atoms with Gasteiger partial charge in [0.05, 0.1) is 6.61 Å². The highest BCUT2D eigenvalue weighted by atomic mass is 32.1. The Balaban J connectivity index is 1.40. The fraction of sp³-hybridized carbons (Fsp3) is 0.409. The Hall–Kier alpha value is -2.67. The van der Waals surface area contributed by atoms with E-state index in [-0.39, 0.29) is 17.4 Å². The number of carbonyl (C=O) groups excluding carboxylic acids is 1. The van der Waals surface area contributed by atoms with Gasteiger partial charge in [-0.2, -0.15) is 0 Å². The van der Waals surface area contributed by atoms with E-state index in [0.717, 1.165) is 30.8 Å². The van der Waals surface area contributed by atoms with Crippen LogP contribution in [0, 0.1) is 5.92 Å². The number of pyridine rings is 1. The normalized spacial score (nSPS) is 20.0. The average Bonchev–Trinajstić information content (AvgIpc) is 2.73. The van der Waals surface area contributed by atoms with Gasteiger partial charge in [0.25, 0.3) is 11.5 Å². The van der Waals surface area contributed by atoms with Crippen molar-refractivity contribution in [2.45, 2.75) is 32.2 Å². The van der Waals surface area contributed by atoms with Crippen LogP contribution in [0.25, 0.3) is 0 Å². The molecule has 29 heavy (non-hydrogen) atoms. The molecular formula is C22H25N3O3S. The van der Waals surface area contributed by atoms with Crippen LogP contribution in [0.3, 0.4) is 0 Å². The Morgan fingerprint density at radius 2 is 1.97 bits per heavy atom. The standard InChI is InChI=1S/C22H25N3O3S/c1-2-10-28-18-8-6-16(7-9-18)21(27)23-22(29)24-12-15-11-17(14-24)19-4-3-5-20(26)25(19)13-15/h3-9,15,17H,2,10-14H2,1H3,(H,23,27,29)/t15-,17?/m1/s1. The Labute approximate surface area is 175 Å². The summed E-state index contributed by atoms with van der Waals surface area (Å²) in [6.07, 6.45) is 1.99. The fourth-order valence-electron chi connectivity index (χ4n) is 4.23. The lowest BCUT2D eigenvalue weighted by Crippen LogP contribution is -2.52. The van der Waals surface area contributed by atoms with Crippen LogP contribution in [0.2, 0.25) is 0 Å². The van der Waals surface area contributed by atoms with Gasteiger partial charge in [0.2, 0.25) is 0 Å². The molecule has 2 aromatic rings. The van der Waals surface area contributed by atoms with E-state index in [1.807, 2.05) is 16.7 Å². The zero-order valence-electron chi connectivity index (χ0n) is 16.5. The summed E-state index contributed by atoms with van der Waals surface area (Å²) in [7, 11) is 0. The molecule has 2 bridgehead atoms. The number of aromatic nitrogens is 1. The van der Waals surface area contributed by atoms with Crippen molar-refractivity contribution < 1.29 is 9.53 Å². The van der Waals surface area contributed by atoms with E-state index in [1.54, 1.807) is 30.3 Å². The number of hydrogen-bond donors (Lipinski definition) is 1. The largest absolute Gasteiger partial charge is 0.494 e. The minimum absolute atomic E-state index is 0.0629. The Morgan fingerprint density at radius 1 is 1.17 bits per heavy atom. The number of hydrogen-bond acceptors (Lipinski definition) is 4. The number of ether oxygens (including phenoxy) is 1. The van der Waals surface area contributed by atoms with Gasteiger partial charge in [-0.25, -0.2) is 0 Å². The quantitative estimate of drug-likeness (QED) is 0.784. The second kappa shape index (κ2) is 8.37. The van der Waals surface area contributed by atoms with Gasteiger partial charge in [0.15, 0.2) is 5.11 Å². The fourth-order valence-corrected chi connectivity index (χ4v) is 4.47. The van der Waals surface area contributed by atoms with E-state index in [0.29, 0.717) is 36.3 Å². The molecule has 0 spiro atoms. The Kier molecular flexibility index (Phi) is 5.67. The highest BCUT2D eigenvalue weighted by molar-refractivity contribution is 7.80.